The smallest absolute Gasteiger partial charge is 0.287 e. The molecule has 0 bridgehead atoms. The second-order valence-electron chi connectivity index (χ2n) is 5.45. The standard InChI is InChI=1S/C19H19NO3S/c1-14-5-2-3-6-15(14)12-24-13-17-8-9-18(23-17)19(21)20-11-16-7-4-10-22-16/h2-10H,11-13H2,1H3,(H,20,21). The molecule has 0 aliphatic rings. The SMILES string of the molecule is Cc1ccccc1CSCc1ccc(C(=O)NCc2ccco2)o1. The molecular weight excluding hydrogens is 322 g/mol. The number of rotatable bonds is 7. The molecule has 24 heavy (non-hydrogen) atoms. The van der Waals surface area contributed by atoms with Gasteiger partial charge in [0.25, 0.3) is 5.91 Å². The van der Waals surface area contributed by atoms with Crippen LogP contribution in [0.3, 0.4) is 0 Å². The Kier molecular flexibility index (Phi) is 5.43. The second-order valence-corrected chi connectivity index (χ2v) is 6.43. The third-order valence-electron chi connectivity index (χ3n) is 3.65. The maximum absolute atomic E-state index is 12.0. The maximum atomic E-state index is 12.0. The third-order valence-corrected chi connectivity index (χ3v) is 4.66. The van der Waals surface area contributed by atoms with Gasteiger partial charge in [0, 0.05) is 5.75 Å². The van der Waals surface area contributed by atoms with Gasteiger partial charge in [0.1, 0.15) is 11.5 Å². The first-order valence-electron chi connectivity index (χ1n) is 7.74. The first kappa shape index (κ1) is 16.5. The fourth-order valence-corrected chi connectivity index (χ4v) is 3.28. The van der Waals surface area contributed by atoms with Crippen molar-refractivity contribution < 1.29 is 13.6 Å². The first-order valence-corrected chi connectivity index (χ1v) is 8.89. The lowest BCUT2D eigenvalue weighted by Crippen LogP contribution is -2.21. The van der Waals surface area contributed by atoms with Crippen LogP contribution in [0.4, 0.5) is 0 Å². The van der Waals surface area contributed by atoms with Crippen LogP contribution in [0.5, 0.6) is 0 Å². The number of thioether (sulfide) groups is 1. The van der Waals surface area contributed by atoms with Gasteiger partial charge < -0.3 is 14.2 Å². The monoisotopic (exact) mass is 341 g/mol. The highest BCUT2D eigenvalue weighted by Crippen LogP contribution is 2.21. The van der Waals surface area contributed by atoms with Crippen molar-refractivity contribution in [2.45, 2.75) is 25.0 Å². The largest absolute Gasteiger partial charge is 0.467 e. The Labute approximate surface area is 145 Å². The molecular formula is C19H19NO3S. The van der Waals surface area contributed by atoms with E-state index in [0.29, 0.717) is 18.1 Å². The number of furan rings is 2. The Morgan fingerprint density at radius 1 is 1.04 bits per heavy atom. The number of hydrogen-bond donors (Lipinski definition) is 1. The Morgan fingerprint density at radius 3 is 2.71 bits per heavy atom. The van der Waals surface area contributed by atoms with Gasteiger partial charge in [0.15, 0.2) is 5.76 Å². The predicted molar refractivity (Wildman–Crippen MR) is 94.8 cm³/mol. The fraction of sp³-hybridized carbons (Fsp3) is 0.211. The van der Waals surface area contributed by atoms with Gasteiger partial charge in [-0.1, -0.05) is 24.3 Å². The summed E-state index contributed by atoms with van der Waals surface area (Å²) < 4.78 is 10.8. The average Bonchev–Trinajstić information content (AvgIpc) is 3.26. The molecule has 2 aromatic heterocycles. The molecule has 0 atom stereocenters. The summed E-state index contributed by atoms with van der Waals surface area (Å²) >= 11 is 1.77. The van der Waals surface area contributed by atoms with Gasteiger partial charge >= 0.3 is 0 Å². The van der Waals surface area contributed by atoms with Crippen molar-refractivity contribution in [1.29, 1.82) is 0 Å². The molecule has 0 saturated heterocycles. The number of carbonyl (C=O) groups is 1. The van der Waals surface area contributed by atoms with Crippen LogP contribution in [0.15, 0.2) is 63.6 Å². The van der Waals surface area contributed by atoms with Crippen LogP contribution >= 0.6 is 11.8 Å². The van der Waals surface area contributed by atoms with Gasteiger partial charge in [0.2, 0.25) is 0 Å². The predicted octanol–water partition coefficient (Wildman–Crippen LogP) is 4.54. The van der Waals surface area contributed by atoms with E-state index in [9.17, 15) is 4.79 Å². The van der Waals surface area contributed by atoms with E-state index in [2.05, 4.69) is 30.4 Å². The van der Waals surface area contributed by atoms with E-state index in [1.54, 1.807) is 30.2 Å². The minimum atomic E-state index is -0.235. The van der Waals surface area contributed by atoms with Crippen molar-refractivity contribution in [3.8, 4) is 0 Å². The third kappa shape index (κ3) is 4.32. The average molecular weight is 341 g/mol. The number of hydrogen-bond acceptors (Lipinski definition) is 4. The molecule has 0 unspecified atom stereocenters. The molecule has 1 N–H and O–H groups in total. The zero-order chi connectivity index (χ0) is 16.8. The summed E-state index contributed by atoms with van der Waals surface area (Å²) in [5, 5.41) is 2.77. The highest BCUT2D eigenvalue weighted by atomic mass is 32.2. The van der Waals surface area contributed by atoms with Crippen LogP contribution in [0.1, 0.15) is 33.2 Å². The van der Waals surface area contributed by atoms with Gasteiger partial charge in [0.05, 0.1) is 18.6 Å². The van der Waals surface area contributed by atoms with E-state index < -0.39 is 0 Å². The Hall–Kier alpha value is -2.40. The van der Waals surface area contributed by atoms with E-state index in [4.69, 9.17) is 8.83 Å². The molecule has 5 heteroatoms. The Balaban J connectivity index is 1.48. The zero-order valence-corrected chi connectivity index (χ0v) is 14.3. The summed E-state index contributed by atoms with van der Waals surface area (Å²) in [6.07, 6.45) is 1.58. The molecule has 1 amide bonds. The van der Waals surface area contributed by atoms with E-state index in [-0.39, 0.29) is 5.91 Å². The lowest BCUT2D eigenvalue weighted by atomic mass is 10.1. The van der Waals surface area contributed by atoms with Crippen LogP contribution < -0.4 is 5.32 Å². The molecule has 3 rings (SSSR count). The minimum Gasteiger partial charge on any atom is -0.467 e. The molecule has 124 valence electrons. The van der Waals surface area contributed by atoms with Crippen LogP contribution in [-0.2, 0) is 18.1 Å². The van der Waals surface area contributed by atoms with E-state index in [0.717, 1.165) is 17.3 Å². The minimum absolute atomic E-state index is 0.235. The van der Waals surface area contributed by atoms with Gasteiger partial charge in [-0.15, -0.1) is 11.8 Å². The van der Waals surface area contributed by atoms with Gasteiger partial charge in [-0.3, -0.25) is 4.79 Å². The molecule has 0 aliphatic carbocycles. The summed E-state index contributed by atoms with van der Waals surface area (Å²) in [6, 6.07) is 15.5. The van der Waals surface area contributed by atoms with Crippen molar-refractivity contribution in [2.24, 2.45) is 0 Å². The first-order chi connectivity index (χ1) is 11.7. The number of aryl methyl sites for hydroxylation is 1. The molecule has 4 nitrogen and oxygen atoms in total. The fourth-order valence-electron chi connectivity index (χ4n) is 2.28. The van der Waals surface area contributed by atoms with Crippen LogP contribution in [0.2, 0.25) is 0 Å². The highest BCUT2D eigenvalue weighted by Gasteiger charge is 2.11. The summed E-state index contributed by atoms with van der Waals surface area (Å²) in [4.78, 5) is 12.0. The lowest BCUT2D eigenvalue weighted by Gasteiger charge is -2.04. The Bertz CT molecular complexity index is 793. The number of carbonyl (C=O) groups excluding carboxylic acids is 1. The van der Waals surface area contributed by atoms with Crippen molar-refractivity contribution in [2.75, 3.05) is 0 Å². The Morgan fingerprint density at radius 2 is 1.92 bits per heavy atom. The maximum Gasteiger partial charge on any atom is 0.287 e. The van der Waals surface area contributed by atoms with Gasteiger partial charge in [-0.25, -0.2) is 0 Å². The summed E-state index contributed by atoms with van der Waals surface area (Å²) in [7, 11) is 0. The number of benzene rings is 1. The normalized spacial score (nSPS) is 10.7. The summed E-state index contributed by atoms with van der Waals surface area (Å²) in [5.74, 6) is 3.27. The van der Waals surface area contributed by atoms with Crippen LogP contribution in [-0.4, -0.2) is 5.91 Å². The second kappa shape index (κ2) is 7.93. The highest BCUT2D eigenvalue weighted by molar-refractivity contribution is 7.97. The molecule has 3 aromatic rings. The van der Waals surface area contributed by atoms with Crippen molar-refractivity contribution in [3.63, 3.8) is 0 Å². The van der Waals surface area contributed by atoms with Crippen LogP contribution in [0.25, 0.3) is 0 Å². The molecule has 0 saturated carbocycles. The molecule has 0 fully saturated rings. The van der Waals surface area contributed by atoms with Gasteiger partial charge in [-0.2, -0.15) is 0 Å². The van der Waals surface area contributed by atoms with Crippen LogP contribution in [0, 0.1) is 6.92 Å². The molecule has 2 heterocycles. The topological polar surface area (TPSA) is 55.4 Å². The van der Waals surface area contributed by atoms with Crippen molar-refractivity contribution in [3.05, 3.63) is 83.2 Å². The van der Waals surface area contributed by atoms with E-state index in [1.807, 2.05) is 18.2 Å². The van der Waals surface area contributed by atoms with Gasteiger partial charge in [-0.05, 0) is 42.3 Å². The van der Waals surface area contributed by atoms with Crippen molar-refractivity contribution >= 4 is 17.7 Å². The van der Waals surface area contributed by atoms with E-state index >= 15 is 0 Å². The summed E-state index contributed by atoms with van der Waals surface area (Å²) in [5.41, 5.74) is 2.62. The van der Waals surface area contributed by atoms with Crippen molar-refractivity contribution in [1.82, 2.24) is 5.32 Å². The quantitative estimate of drug-likeness (QED) is 0.685. The molecule has 1 aromatic carbocycles. The number of amides is 1. The lowest BCUT2D eigenvalue weighted by molar-refractivity contribution is 0.0919. The summed E-state index contributed by atoms with van der Waals surface area (Å²) in [6.45, 7) is 2.47. The van der Waals surface area contributed by atoms with E-state index in [1.165, 1.54) is 11.1 Å². The number of nitrogens with one attached hydrogen (secondary N) is 1. The molecule has 0 spiro atoms. The molecule has 0 radical (unpaired) electrons. The molecule has 0 aliphatic heterocycles. The zero-order valence-electron chi connectivity index (χ0n) is 13.5.